The van der Waals surface area contributed by atoms with Crippen molar-refractivity contribution in [2.45, 2.75) is 20.8 Å². The summed E-state index contributed by atoms with van der Waals surface area (Å²) in [4.78, 5) is 21.4. The molecule has 0 aliphatic rings. The van der Waals surface area contributed by atoms with Gasteiger partial charge in [-0.1, -0.05) is 26.5 Å². The van der Waals surface area contributed by atoms with E-state index in [2.05, 4.69) is 22.4 Å². The Morgan fingerprint density at radius 3 is 2.73 bits per heavy atom. The minimum Gasteiger partial charge on any atom is -0.499 e. The maximum Gasteiger partial charge on any atom is 0.278 e. The fourth-order valence-corrected chi connectivity index (χ4v) is 2.54. The van der Waals surface area contributed by atoms with Gasteiger partial charge in [0, 0.05) is 2.85 Å². The van der Waals surface area contributed by atoms with Crippen molar-refractivity contribution in [2.75, 3.05) is 18.5 Å². The maximum atomic E-state index is 14.4. The third kappa shape index (κ3) is 5.32. The Hall–Kier alpha value is -3.46. The highest BCUT2D eigenvalue weighted by Crippen LogP contribution is 2.27. The average molecular weight is 422 g/mol. The number of hydroxylamine groups is 1. The molecule has 0 radical (unpaired) electrons. The van der Waals surface area contributed by atoms with E-state index in [9.17, 15) is 13.6 Å². The first kappa shape index (κ1) is 22.8. The first-order valence-corrected chi connectivity index (χ1v) is 9.33. The molecule has 30 heavy (non-hydrogen) atoms. The Labute approximate surface area is 176 Å². The number of anilines is 2. The number of amides is 1. The standard InChI is InChI=1S/C19H18F2N4O3.C2H6.2H2/c1-3-27-6-7-28-24-19(26)13-9-15(21)17-10-22-11-25(17)18(13)23-16-5-4-12(2)8-14(16)20;1-2;;/h3-5,8-11,23H,1,6-7H2,2H3,(H,24,26);1-2H3;2*1H. The second kappa shape index (κ2) is 10.9. The maximum absolute atomic E-state index is 14.4. The minimum absolute atomic E-state index is 0. The lowest BCUT2D eigenvalue weighted by molar-refractivity contribution is 0.0145. The van der Waals surface area contributed by atoms with Gasteiger partial charge in [-0.3, -0.25) is 14.0 Å². The summed E-state index contributed by atoms with van der Waals surface area (Å²) in [7, 11) is 0. The van der Waals surface area contributed by atoms with E-state index >= 15 is 0 Å². The number of nitrogens with one attached hydrogen (secondary N) is 2. The van der Waals surface area contributed by atoms with Crippen LogP contribution in [0.1, 0.15) is 32.6 Å². The third-order valence-electron chi connectivity index (χ3n) is 3.86. The van der Waals surface area contributed by atoms with Gasteiger partial charge < -0.3 is 10.1 Å². The largest absolute Gasteiger partial charge is 0.499 e. The van der Waals surface area contributed by atoms with Gasteiger partial charge in [0.15, 0.2) is 0 Å². The number of benzene rings is 1. The number of halogens is 2. The third-order valence-corrected chi connectivity index (χ3v) is 3.86. The lowest BCUT2D eigenvalue weighted by atomic mass is 10.2. The lowest BCUT2D eigenvalue weighted by Crippen LogP contribution is -2.27. The Kier molecular flexibility index (Phi) is 8.30. The average Bonchev–Trinajstić information content (AvgIpc) is 3.23. The lowest BCUT2D eigenvalue weighted by Gasteiger charge is -2.15. The molecule has 2 heterocycles. The van der Waals surface area contributed by atoms with Crippen LogP contribution in [0.5, 0.6) is 0 Å². The number of imidazole rings is 1. The van der Waals surface area contributed by atoms with E-state index < -0.39 is 17.5 Å². The van der Waals surface area contributed by atoms with E-state index in [1.54, 1.807) is 13.0 Å². The Balaban J connectivity index is 0.00000234. The molecule has 1 amide bonds. The molecule has 0 aliphatic heterocycles. The van der Waals surface area contributed by atoms with E-state index in [0.29, 0.717) is 0 Å². The molecular formula is C21H28F2N4O3. The van der Waals surface area contributed by atoms with Crippen LogP contribution in [0.25, 0.3) is 5.52 Å². The number of hydrogen-bond donors (Lipinski definition) is 2. The van der Waals surface area contributed by atoms with Crippen molar-refractivity contribution in [3.8, 4) is 0 Å². The van der Waals surface area contributed by atoms with Gasteiger partial charge in [-0.25, -0.2) is 19.2 Å². The summed E-state index contributed by atoms with van der Waals surface area (Å²) in [5.74, 6) is -1.75. The molecule has 9 heteroatoms. The van der Waals surface area contributed by atoms with Gasteiger partial charge in [0.2, 0.25) is 0 Å². The van der Waals surface area contributed by atoms with Gasteiger partial charge in [-0.05, 0) is 30.7 Å². The van der Waals surface area contributed by atoms with Crippen LogP contribution in [0.4, 0.5) is 20.3 Å². The number of fused-ring (bicyclic) bond motifs is 1. The molecule has 3 aromatic rings. The van der Waals surface area contributed by atoms with Crippen molar-refractivity contribution >= 4 is 22.9 Å². The molecule has 0 bridgehead atoms. The molecule has 7 nitrogen and oxygen atoms in total. The summed E-state index contributed by atoms with van der Waals surface area (Å²) in [6.45, 7) is 9.38. The van der Waals surface area contributed by atoms with Gasteiger partial charge in [0.05, 0.1) is 23.7 Å². The van der Waals surface area contributed by atoms with E-state index in [1.807, 2.05) is 13.8 Å². The smallest absolute Gasteiger partial charge is 0.278 e. The molecule has 164 valence electrons. The SMILES string of the molecule is C=COCCONC(=O)c1cc(F)c2cncn2c1Nc1ccc(C)cc1F.CC.[HH].[HH]. The van der Waals surface area contributed by atoms with Crippen LogP contribution >= 0.6 is 0 Å². The number of rotatable bonds is 8. The summed E-state index contributed by atoms with van der Waals surface area (Å²) in [6.07, 6.45) is 3.87. The highest BCUT2D eigenvalue weighted by Gasteiger charge is 2.20. The van der Waals surface area contributed by atoms with Gasteiger partial charge in [-0.2, -0.15) is 0 Å². The zero-order valence-corrected chi connectivity index (χ0v) is 17.0. The second-order valence-electron chi connectivity index (χ2n) is 5.83. The van der Waals surface area contributed by atoms with Crippen molar-refractivity contribution < 1.29 is 26.0 Å². The number of aromatic nitrogens is 2. The number of hydrogen-bond acceptors (Lipinski definition) is 5. The fourth-order valence-electron chi connectivity index (χ4n) is 2.54. The number of carbonyl (C=O) groups excluding carboxylic acids is 1. The number of nitrogens with zero attached hydrogens (tertiary/aromatic N) is 2. The number of carbonyl (C=O) groups is 1. The zero-order valence-electron chi connectivity index (χ0n) is 17.0. The van der Waals surface area contributed by atoms with Gasteiger partial charge in [0.25, 0.3) is 5.91 Å². The van der Waals surface area contributed by atoms with Crippen LogP contribution in [-0.2, 0) is 9.57 Å². The number of ether oxygens (including phenoxy) is 1. The van der Waals surface area contributed by atoms with Crippen LogP contribution < -0.4 is 10.8 Å². The normalized spacial score (nSPS) is 10.2. The highest BCUT2D eigenvalue weighted by atomic mass is 19.1. The quantitative estimate of drug-likeness (QED) is 0.303. The van der Waals surface area contributed by atoms with Crippen molar-refractivity contribution in [2.24, 2.45) is 0 Å². The Bertz CT molecular complexity index is 1030. The van der Waals surface area contributed by atoms with Gasteiger partial charge >= 0.3 is 0 Å². The van der Waals surface area contributed by atoms with E-state index in [-0.39, 0.29) is 38.7 Å². The molecule has 0 atom stereocenters. The summed E-state index contributed by atoms with van der Waals surface area (Å²) in [6, 6.07) is 5.62. The van der Waals surface area contributed by atoms with E-state index in [1.165, 1.54) is 35.3 Å². The predicted octanol–water partition coefficient (Wildman–Crippen LogP) is 5.00. The first-order valence-electron chi connectivity index (χ1n) is 9.33. The fraction of sp³-hybridized carbons (Fsp3) is 0.238. The molecule has 0 spiro atoms. The molecule has 0 fully saturated rings. The summed E-state index contributed by atoms with van der Waals surface area (Å²) >= 11 is 0. The van der Waals surface area contributed by atoms with Crippen molar-refractivity contribution in [1.29, 1.82) is 0 Å². The topological polar surface area (TPSA) is 76.9 Å². The van der Waals surface area contributed by atoms with E-state index in [4.69, 9.17) is 9.57 Å². The van der Waals surface area contributed by atoms with E-state index in [0.717, 1.165) is 11.6 Å². The van der Waals surface area contributed by atoms with Crippen LogP contribution in [0.3, 0.4) is 0 Å². The summed E-state index contributed by atoms with van der Waals surface area (Å²) < 4.78 is 34.8. The predicted molar refractivity (Wildman–Crippen MR) is 115 cm³/mol. The molecule has 0 aliphatic carbocycles. The molecule has 0 saturated heterocycles. The van der Waals surface area contributed by atoms with Crippen molar-refractivity contribution in [3.63, 3.8) is 0 Å². The monoisotopic (exact) mass is 422 g/mol. The van der Waals surface area contributed by atoms with Gasteiger partial charge in [-0.15, -0.1) is 0 Å². The molecule has 2 aromatic heterocycles. The Morgan fingerprint density at radius 1 is 1.27 bits per heavy atom. The molecular weight excluding hydrogens is 394 g/mol. The van der Waals surface area contributed by atoms with Gasteiger partial charge in [0.1, 0.15) is 42.5 Å². The molecule has 1 aromatic carbocycles. The second-order valence-corrected chi connectivity index (χ2v) is 5.83. The summed E-state index contributed by atoms with van der Waals surface area (Å²) in [5, 5.41) is 2.84. The zero-order chi connectivity index (χ0) is 22.1. The number of pyridine rings is 1. The molecule has 3 rings (SSSR count). The van der Waals surface area contributed by atoms with Crippen molar-refractivity contribution in [1.82, 2.24) is 14.9 Å². The highest BCUT2D eigenvalue weighted by molar-refractivity contribution is 5.99. The molecule has 0 saturated carbocycles. The molecule has 0 unspecified atom stereocenters. The number of aryl methyl sites for hydroxylation is 1. The van der Waals surface area contributed by atoms with Crippen LogP contribution in [0.2, 0.25) is 0 Å². The molecule has 2 N–H and O–H groups in total. The first-order chi connectivity index (χ1) is 14.5. The van der Waals surface area contributed by atoms with Crippen LogP contribution in [-0.4, -0.2) is 28.5 Å². The van der Waals surface area contributed by atoms with Crippen LogP contribution in [0.15, 0.2) is 49.6 Å². The summed E-state index contributed by atoms with van der Waals surface area (Å²) in [5.41, 5.74) is 3.11. The Morgan fingerprint density at radius 2 is 2.03 bits per heavy atom. The van der Waals surface area contributed by atoms with Crippen LogP contribution in [0, 0.1) is 18.6 Å². The minimum atomic E-state index is -0.719. The van der Waals surface area contributed by atoms with Crippen molar-refractivity contribution in [3.05, 3.63) is 72.4 Å².